The van der Waals surface area contributed by atoms with Crippen LogP contribution in [0.2, 0.25) is 0 Å². The molecule has 3 heterocycles. The van der Waals surface area contributed by atoms with Crippen LogP contribution < -0.4 is 5.14 Å². The van der Waals surface area contributed by atoms with Crippen molar-refractivity contribution in [3.8, 4) is 28.2 Å². The minimum absolute atomic E-state index is 0.152. The summed E-state index contributed by atoms with van der Waals surface area (Å²) in [4.78, 5) is 8.00. The first-order chi connectivity index (χ1) is 14.5. The van der Waals surface area contributed by atoms with Gasteiger partial charge in [0.25, 0.3) is 10.0 Å². The van der Waals surface area contributed by atoms with E-state index in [2.05, 4.69) is 15.1 Å². The Labute approximate surface area is 179 Å². The number of rotatable bonds is 4. The maximum absolute atomic E-state index is 13.4. The summed E-state index contributed by atoms with van der Waals surface area (Å²) in [5.74, 6) is 0. The molecular weight excluding hydrogens is 451 g/mol. The molecule has 0 aliphatic rings. The topological polar surface area (TPSA) is 104 Å². The number of nitrogens with two attached hydrogens (primary N) is 1. The third-order valence-corrected chi connectivity index (χ3v) is 5.90. The number of benzene rings is 1. The number of halogens is 3. The predicted molar refractivity (Wildman–Crippen MR) is 109 cm³/mol. The van der Waals surface area contributed by atoms with E-state index >= 15 is 0 Å². The highest BCUT2D eigenvalue weighted by atomic mass is 32.2. The first-order valence-electron chi connectivity index (χ1n) is 8.70. The summed E-state index contributed by atoms with van der Waals surface area (Å²) >= 11 is 1.44. The van der Waals surface area contributed by atoms with Gasteiger partial charge in [-0.2, -0.15) is 18.3 Å². The number of sulfonamides is 1. The van der Waals surface area contributed by atoms with E-state index in [0.717, 1.165) is 39.8 Å². The zero-order valence-corrected chi connectivity index (χ0v) is 17.5. The van der Waals surface area contributed by atoms with Gasteiger partial charge in [-0.05, 0) is 36.8 Å². The molecule has 4 rings (SSSR count). The summed E-state index contributed by atoms with van der Waals surface area (Å²) in [5, 5.41) is 10.2. The molecule has 0 spiro atoms. The van der Waals surface area contributed by atoms with Crippen LogP contribution in [0.5, 0.6) is 0 Å². The van der Waals surface area contributed by atoms with E-state index in [1.165, 1.54) is 17.4 Å². The highest BCUT2D eigenvalue weighted by Crippen LogP contribution is 2.35. The summed E-state index contributed by atoms with van der Waals surface area (Å²) in [6.45, 7) is 1.84. The summed E-state index contributed by atoms with van der Waals surface area (Å²) in [7, 11) is -4.04. The minimum Gasteiger partial charge on any atom is -0.245 e. The lowest BCUT2D eigenvalue weighted by atomic mass is 10.0. The number of hydrogen-bond acceptors (Lipinski definition) is 6. The smallest absolute Gasteiger partial charge is 0.245 e. The number of aromatic nitrogens is 4. The van der Waals surface area contributed by atoms with Gasteiger partial charge in [0.05, 0.1) is 28.8 Å². The Balaban J connectivity index is 1.84. The van der Waals surface area contributed by atoms with Crippen molar-refractivity contribution >= 4 is 21.4 Å². The highest BCUT2D eigenvalue weighted by Gasteiger charge is 2.35. The fraction of sp³-hybridized carbons (Fsp3) is 0.105. The van der Waals surface area contributed by atoms with Gasteiger partial charge < -0.3 is 0 Å². The quantitative estimate of drug-likeness (QED) is 0.490. The third-order valence-electron chi connectivity index (χ3n) is 4.49. The fourth-order valence-corrected chi connectivity index (χ4v) is 4.05. The number of nitrogens with zero attached hydrogens (tertiary/aromatic N) is 4. The Bertz CT molecular complexity index is 1350. The molecule has 0 atom stereocenters. The van der Waals surface area contributed by atoms with Crippen LogP contribution >= 0.6 is 11.3 Å². The van der Waals surface area contributed by atoms with Crippen molar-refractivity contribution in [3.63, 3.8) is 0 Å². The molecule has 0 amide bonds. The standard InChI is InChI=1S/C19H14F3N5O2S2/c1-11-6-12(2-4-14(11)15-9-30-10-25-15)16-7-17(19(20,21)22)26-27(16)13-3-5-18(24-8-13)31(23,28)29/h2-10H,1H3,(H2,23,28,29). The molecule has 0 aliphatic heterocycles. The lowest BCUT2D eigenvalue weighted by Gasteiger charge is -2.10. The molecule has 0 aliphatic carbocycles. The normalized spacial score (nSPS) is 12.3. The third kappa shape index (κ3) is 4.22. The van der Waals surface area contributed by atoms with Crippen LogP contribution in [-0.2, 0) is 16.2 Å². The molecule has 7 nitrogen and oxygen atoms in total. The van der Waals surface area contributed by atoms with Gasteiger partial charge in [-0.3, -0.25) is 0 Å². The van der Waals surface area contributed by atoms with Crippen molar-refractivity contribution in [2.75, 3.05) is 0 Å². The molecule has 0 saturated heterocycles. The molecule has 160 valence electrons. The second-order valence-electron chi connectivity index (χ2n) is 6.63. The van der Waals surface area contributed by atoms with E-state index in [1.54, 1.807) is 23.7 Å². The second kappa shape index (κ2) is 7.55. The Hall–Kier alpha value is -3.09. The Morgan fingerprint density at radius 1 is 1.10 bits per heavy atom. The molecule has 0 saturated carbocycles. The highest BCUT2D eigenvalue weighted by molar-refractivity contribution is 7.89. The molecule has 0 unspecified atom stereocenters. The average Bonchev–Trinajstić information content (AvgIpc) is 3.37. The van der Waals surface area contributed by atoms with Crippen LogP contribution in [0.3, 0.4) is 0 Å². The van der Waals surface area contributed by atoms with E-state index < -0.39 is 26.9 Å². The van der Waals surface area contributed by atoms with Crippen molar-refractivity contribution < 1.29 is 21.6 Å². The molecule has 3 aromatic heterocycles. The second-order valence-corrected chi connectivity index (χ2v) is 8.85. The van der Waals surface area contributed by atoms with E-state index in [9.17, 15) is 21.6 Å². The molecular formula is C19H14F3N5O2S2. The zero-order valence-electron chi connectivity index (χ0n) is 15.8. The predicted octanol–water partition coefficient (Wildman–Crippen LogP) is 4.03. The largest absolute Gasteiger partial charge is 0.435 e. The van der Waals surface area contributed by atoms with Gasteiger partial charge in [0.1, 0.15) is 0 Å². The SMILES string of the molecule is Cc1cc(-c2cc(C(F)(F)F)nn2-c2ccc(S(N)(=O)=O)nc2)ccc1-c1cscn1. The number of hydrogen-bond donors (Lipinski definition) is 1. The zero-order chi connectivity index (χ0) is 22.4. The maximum Gasteiger partial charge on any atom is 0.435 e. The Morgan fingerprint density at radius 2 is 1.87 bits per heavy atom. The van der Waals surface area contributed by atoms with Crippen LogP contribution in [-0.4, -0.2) is 28.2 Å². The maximum atomic E-state index is 13.4. The first-order valence-corrected chi connectivity index (χ1v) is 11.2. The van der Waals surface area contributed by atoms with Gasteiger partial charge in [-0.15, -0.1) is 11.3 Å². The summed E-state index contributed by atoms with van der Waals surface area (Å²) in [5.41, 5.74) is 3.91. The van der Waals surface area contributed by atoms with Gasteiger partial charge in [-0.1, -0.05) is 12.1 Å². The van der Waals surface area contributed by atoms with Crippen LogP contribution in [0, 0.1) is 6.92 Å². The summed E-state index contributed by atoms with van der Waals surface area (Å²) in [6, 6.07) is 8.55. The molecule has 4 aromatic rings. The fourth-order valence-electron chi connectivity index (χ4n) is 3.04. The van der Waals surface area contributed by atoms with E-state index in [-0.39, 0.29) is 11.4 Å². The average molecular weight is 465 g/mol. The molecule has 0 fully saturated rings. The number of primary sulfonamides is 1. The van der Waals surface area contributed by atoms with Gasteiger partial charge in [0, 0.05) is 16.5 Å². The molecule has 12 heteroatoms. The van der Waals surface area contributed by atoms with E-state index in [0.29, 0.717) is 5.56 Å². The lowest BCUT2D eigenvalue weighted by Crippen LogP contribution is -2.14. The van der Waals surface area contributed by atoms with Crippen LogP contribution in [0.1, 0.15) is 11.3 Å². The first kappa shape index (κ1) is 21.2. The van der Waals surface area contributed by atoms with Crippen molar-refractivity contribution in [1.82, 2.24) is 19.7 Å². The van der Waals surface area contributed by atoms with Crippen molar-refractivity contribution in [2.45, 2.75) is 18.1 Å². The van der Waals surface area contributed by atoms with Gasteiger partial charge >= 0.3 is 6.18 Å². The summed E-state index contributed by atoms with van der Waals surface area (Å²) < 4.78 is 64.0. The number of pyridine rings is 1. The van der Waals surface area contributed by atoms with Crippen molar-refractivity contribution in [3.05, 3.63) is 64.7 Å². The van der Waals surface area contributed by atoms with E-state index in [1.807, 2.05) is 12.3 Å². The number of thiazole rings is 1. The molecule has 0 bridgehead atoms. The Morgan fingerprint density at radius 3 is 2.42 bits per heavy atom. The monoisotopic (exact) mass is 465 g/mol. The van der Waals surface area contributed by atoms with Crippen LogP contribution in [0.25, 0.3) is 28.2 Å². The Kier molecular flexibility index (Phi) is 5.15. The number of aryl methyl sites for hydroxylation is 1. The lowest BCUT2D eigenvalue weighted by molar-refractivity contribution is -0.141. The molecule has 2 N–H and O–H groups in total. The summed E-state index contributed by atoms with van der Waals surface area (Å²) in [6.07, 6.45) is -3.56. The number of alkyl halides is 3. The van der Waals surface area contributed by atoms with Gasteiger partial charge in [-0.25, -0.2) is 28.2 Å². The van der Waals surface area contributed by atoms with Crippen molar-refractivity contribution in [2.24, 2.45) is 5.14 Å². The molecule has 1 aromatic carbocycles. The molecule has 31 heavy (non-hydrogen) atoms. The van der Waals surface area contributed by atoms with E-state index in [4.69, 9.17) is 5.14 Å². The van der Waals surface area contributed by atoms with Crippen LogP contribution in [0.4, 0.5) is 13.2 Å². The van der Waals surface area contributed by atoms with Gasteiger partial charge in [0.15, 0.2) is 10.7 Å². The minimum atomic E-state index is -4.66. The molecule has 0 radical (unpaired) electrons. The van der Waals surface area contributed by atoms with Gasteiger partial charge in [0.2, 0.25) is 0 Å². The van der Waals surface area contributed by atoms with Crippen LogP contribution in [0.15, 0.2) is 58.5 Å². The van der Waals surface area contributed by atoms with Crippen molar-refractivity contribution in [1.29, 1.82) is 0 Å².